The molecule has 0 saturated carbocycles. The van der Waals surface area contributed by atoms with Crippen LogP contribution < -0.4 is 16.0 Å². The predicted octanol–water partition coefficient (Wildman–Crippen LogP) is 1.25. The molecule has 0 radical (unpaired) electrons. The highest BCUT2D eigenvalue weighted by Gasteiger charge is 2.20. The minimum atomic E-state index is -0.106. The number of benzene rings is 1. The number of hydrogen-bond donors (Lipinski definition) is 1. The Morgan fingerprint density at radius 3 is 2.59 bits per heavy atom. The highest BCUT2D eigenvalue weighted by Crippen LogP contribution is 2.14. The first-order valence-electron chi connectivity index (χ1n) is 9.61. The zero-order valence-electron chi connectivity index (χ0n) is 15.8. The first-order valence-corrected chi connectivity index (χ1v) is 9.61. The Balaban J connectivity index is 1.31. The van der Waals surface area contributed by atoms with Crippen LogP contribution in [-0.4, -0.2) is 50.4 Å². The zero-order valence-corrected chi connectivity index (χ0v) is 15.8. The van der Waals surface area contributed by atoms with Gasteiger partial charge in [-0.15, -0.1) is 0 Å². The lowest BCUT2D eigenvalue weighted by Crippen LogP contribution is -2.46. The van der Waals surface area contributed by atoms with Crippen LogP contribution in [0.15, 0.2) is 64.3 Å². The van der Waals surface area contributed by atoms with E-state index in [1.807, 2.05) is 36.4 Å². The lowest BCUT2D eigenvalue weighted by molar-refractivity contribution is 0.243. The van der Waals surface area contributed by atoms with Gasteiger partial charge < -0.3 is 9.88 Å². The summed E-state index contributed by atoms with van der Waals surface area (Å²) in [6, 6.07) is 14.5. The summed E-state index contributed by atoms with van der Waals surface area (Å²) in [5, 5.41) is 0.606. The minimum Gasteiger partial charge on any atom is -0.354 e. The molecule has 1 saturated heterocycles. The van der Waals surface area contributed by atoms with Gasteiger partial charge in [0.25, 0.3) is 11.1 Å². The molecule has 0 bridgehead atoms. The maximum absolute atomic E-state index is 12.3. The SMILES string of the molecule is O=c1[nH]c(CN2CCN(c3cc(=O)n4ccccc4n3)CC2)nc2ccccc12. The normalized spacial score (nSPS) is 15.2. The van der Waals surface area contributed by atoms with E-state index in [0.717, 1.165) is 26.2 Å². The quantitative estimate of drug-likeness (QED) is 0.569. The van der Waals surface area contributed by atoms with Crippen molar-refractivity contribution in [2.45, 2.75) is 6.54 Å². The van der Waals surface area contributed by atoms with Gasteiger partial charge in [0.05, 0.1) is 17.4 Å². The number of aromatic nitrogens is 4. The predicted molar refractivity (Wildman–Crippen MR) is 111 cm³/mol. The Hall–Kier alpha value is -3.52. The summed E-state index contributed by atoms with van der Waals surface area (Å²) >= 11 is 0. The van der Waals surface area contributed by atoms with E-state index in [9.17, 15) is 9.59 Å². The van der Waals surface area contributed by atoms with Crippen molar-refractivity contribution in [2.24, 2.45) is 0 Å². The number of nitrogens with zero attached hydrogens (tertiary/aromatic N) is 5. The van der Waals surface area contributed by atoms with E-state index in [4.69, 9.17) is 0 Å². The third-order valence-electron chi connectivity index (χ3n) is 5.29. The maximum atomic E-state index is 12.3. The van der Waals surface area contributed by atoms with Crippen molar-refractivity contribution in [1.82, 2.24) is 24.3 Å². The average molecular weight is 388 g/mol. The summed E-state index contributed by atoms with van der Waals surface area (Å²) < 4.78 is 1.54. The molecule has 1 aromatic carbocycles. The molecule has 0 atom stereocenters. The van der Waals surface area contributed by atoms with Crippen molar-refractivity contribution in [1.29, 1.82) is 0 Å². The second-order valence-corrected chi connectivity index (χ2v) is 7.17. The number of H-pyrrole nitrogens is 1. The standard InChI is InChI=1S/C21H20N6O2/c28-20-13-19(24-18-7-3-4-8-27(18)20)26-11-9-25(10-12-26)14-17-22-16-6-2-1-5-15(16)21(29)23-17/h1-8,13H,9-12,14H2,(H,22,23,29). The van der Waals surface area contributed by atoms with Gasteiger partial charge in [-0.25, -0.2) is 9.97 Å². The van der Waals surface area contributed by atoms with Crippen molar-refractivity contribution in [3.63, 3.8) is 0 Å². The molecule has 1 fully saturated rings. The van der Waals surface area contributed by atoms with E-state index in [1.165, 1.54) is 0 Å². The van der Waals surface area contributed by atoms with E-state index in [2.05, 4.69) is 24.8 Å². The summed E-state index contributed by atoms with van der Waals surface area (Å²) in [6.45, 7) is 3.70. The molecular formula is C21H20N6O2. The van der Waals surface area contributed by atoms with E-state index in [1.54, 1.807) is 22.7 Å². The largest absolute Gasteiger partial charge is 0.354 e. The van der Waals surface area contributed by atoms with Gasteiger partial charge in [-0.3, -0.25) is 18.9 Å². The first-order chi connectivity index (χ1) is 14.2. The van der Waals surface area contributed by atoms with Gasteiger partial charge >= 0.3 is 0 Å². The van der Waals surface area contributed by atoms with Crippen LogP contribution in [0.3, 0.4) is 0 Å². The Kier molecular flexibility index (Phi) is 4.33. The van der Waals surface area contributed by atoms with E-state index >= 15 is 0 Å². The summed E-state index contributed by atoms with van der Waals surface area (Å²) in [7, 11) is 0. The van der Waals surface area contributed by atoms with Gasteiger partial charge in [-0.05, 0) is 24.3 Å². The molecule has 1 N–H and O–H groups in total. The third-order valence-corrected chi connectivity index (χ3v) is 5.29. The van der Waals surface area contributed by atoms with Gasteiger partial charge in [0, 0.05) is 38.4 Å². The molecule has 4 heterocycles. The maximum Gasteiger partial charge on any atom is 0.259 e. The fraction of sp³-hybridized carbons (Fsp3) is 0.238. The second-order valence-electron chi connectivity index (χ2n) is 7.17. The topological polar surface area (TPSA) is 86.6 Å². The molecule has 8 heteroatoms. The van der Waals surface area contributed by atoms with Crippen LogP contribution in [0, 0.1) is 0 Å². The number of para-hydroxylation sites is 1. The van der Waals surface area contributed by atoms with Crippen LogP contribution in [-0.2, 0) is 6.54 Å². The number of rotatable bonds is 3. The summed E-state index contributed by atoms with van der Waals surface area (Å²) in [4.78, 5) is 41.1. The lowest BCUT2D eigenvalue weighted by Gasteiger charge is -2.35. The molecule has 29 heavy (non-hydrogen) atoms. The molecule has 146 valence electrons. The van der Waals surface area contributed by atoms with Gasteiger partial charge in [-0.2, -0.15) is 0 Å². The van der Waals surface area contributed by atoms with Crippen molar-refractivity contribution in [2.75, 3.05) is 31.1 Å². The molecular weight excluding hydrogens is 368 g/mol. The van der Waals surface area contributed by atoms with Crippen LogP contribution in [0.2, 0.25) is 0 Å². The number of nitrogens with one attached hydrogen (secondary N) is 1. The van der Waals surface area contributed by atoms with Crippen LogP contribution in [0.4, 0.5) is 5.82 Å². The molecule has 5 rings (SSSR count). The molecule has 1 aliphatic rings. The highest BCUT2D eigenvalue weighted by atomic mass is 16.1. The number of aromatic amines is 1. The number of hydrogen-bond acceptors (Lipinski definition) is 6. The number of pyridine rings is 1. The van der Waals surface area contributed by atoms with E-state index in [-0.39, 0.29) is 11.1 Å². The smallest absolute Gasteiger partial charge is 0.259 e. The molecule has 0 unspecified atom stereocenters. The summed E-state index contributed by atoms with van der Waals surface area (Å²) in [5.41, 5.74) is 1.18. The Bertz CT molecular complexity index is 1300. The zero-order chi connectivity index (χ0) is 19.8. The molecule has 0 amide bonds. The minimum absolute atomic E-state index is 0.0778. The molecule has 8 nitrogen and oxygen atoms in total. The number of piperazine rings is 1. The van der Waals surface area contributed by atoms with Gasteiger partial charge in [0.1, 0.15) is 17.3 Å². The molecule has 0 aliphatic carbocycles. The second kappa shape index (κ2) is 7.14. The van der Waals surface area contributed by atoms with Crippen molar-refractivity contribution in [3.8, 4) is 0 Å². The summed E-state index contributed by atoms with van der Waals surface area (Å²) in [5.74, 6) is 1.38. The van der Waals surface area contributed by atoms with Crippen molar-refractivity contribution in [3.05, 3.63) is 81.3 Å². The van der Waals surface area contributed by atoms with E-state index < -0.39 is 0 Å². The highest BCUT2D eigenvalue weighted by molar-refractivity contribution is 5.77. The monoisotopic (exact) mass is 388 g/mol. The fourth-order valence-electron chi connectivity index (χ4n) is 3.76. The van der Waals surface area contributed by atoms with Crippen molar-refractivity contribution >= 4 is 22.4 Å². The van der Waals surface area contributed by atoms with Crippen LogP contribution in [0.1, 0.15) is 5.82 Å². The molecule has 1 aliphatic heterocycles. The van der Waals surface area contributed by atoms with Gasteiger partial charge in [0.15, 0.2) is 0 Å². The molecule has 0 spiro atoms. The fourth-order valence-corrected chi connectivity index (χ4v) is 3.76. The van der Waals surface area contributed by atoms with Crippen LogP contribution >= 0.6 is 0 Å². The average Bonchev–Trinajstić information content (AvgIpc) is 2.74. The summed E-state index contributed by atoms with van der Waals surface area (Å²) in [6.07, 6.45) is 1.73. The van der Waals surface area contributed by atoms with Gasteiger partial charge in [-0.1, -0.05) is 18.2 Å². The van der Waals surface area contributed by atoms with Crippen LogP contribution in [0.25, 0.3) is 16.6 Å². The molecule has 4 aromatic rings. The van der Waals surface area contributed by atoms with Crippen LogP contribution in [0.5, 0.6) is 0 Å². The van der Waals surface area contributed by atoms with Gasteiger partial charge in [0.2, 0.25) is 0 Å². The Morgan fingerprint density at radius 2 is 1.72 bits per heavy atom. The van der Waals surface area contributed by atoms with Crippen molar-refractivity contribution < 1.29 is 0 Å². The lowest BCUT2D eigenvalue weighted by atomic mass is 10.2. The number of anilines is 1. The van der Waals surface area contributed by atoms with E-state index in [0.29, 0.717) is 34.7 Å². The Labute approximate surface area is 166 Å². The third kappa shape index (κ3) is 3.38. The Morgan fingerprint density at radius 1 is 0.931 bits per heavy atom. The first kappa shape index (κ1) is 17.6. The molecule has 3 aromatic heterocycles. The number of fused-ring (bicyclic) bond motifs is 2.